The summed E-state index contributed by atoms with van der Waals surface area (Å²) in [6, 6.07) is 4.64. The first-order valence-corrected chi connectivity index (χ1v) is 22.6. The molecule has 15 heteroatoms. The first kappa shape index (κ1) is 29.0. The second-order valence-electron chi connectivity index (χ2n) is 6.05. The molecule has 0 saturated heterocycles. The number of aromatic amines is 1. The van der Waals surface area contributed by atoms with E-state index in [0.717, 1.165) is 22.4 Å². The normalized spacial score (nSPS) is 9.81. The van der Waals surface area contributed by atoms with Crippen molar-refractivity contribution < 1.29 is 4.39 Å². The lowest BCUT2D eigenvalue weighted by Crippen LogP contribution is -1.92. The number of hydrogen-bond acceptors (Lipinski definition) is 3. The highest BCUT2D eigenvalue weighted by atomic mass is 79.9. The number of nitrogens with one attached hydrogen (secondary N) is 1. The molecule has 0 aliphatic carbocycles. The Labute approximate surface area is 230 Å². The van der Waals surface area contributed by atoms with Gasteiger partial charge in [0.05, 0.1) is 11.0 Å². The fourth-order valence-electron chi connectivity index (χ4n) is 2.73. The van der Waals surface area contributed by atoms with Crippen LogP contribution in [-0.4, -0.2) is 9.97 Å². The number of hydrogen-bond donors (Lipinski definition) is 1. The summed E-state index contributed by atoms with van der Waals surface area (Å²) in [7, 11) is 14.5. The van der Waals surface area contributed by atoms with Crippen LogP contribution in [0.1, 0.15) is 22.3 Å². The van der Waals surface area contributed by atoms with Gasteiger partial charge in [0, 0.05) is 112 Å². The van der Waals surface area contributed by atoms with Crippen molar-refractivity contribution in [1.29, 1.82) is 0 Å². The highest BCUT2D eigenvalue weighted by Crippen LogP contribution is 2.32. The van der Waals surface area contributed by atoms with Gasteiger partial charge in [0.15, 0.2) is 0 Å². The van der Waals surface area contributed by atoms with Crippen LogP contribution >= 0.6 is 15.9 Å². The lowest BCUT2D eigenvalue weighted by Gasteiger charge is -2.09. The lowest BCUT2D eigenvalue weighted by atomic mass is 9.98. The maximum Gasteiger partial charge on any atom is 0.139 e. The molecule has 2 aromatic carbocycles. The van der Waals surface area contributed by atoms with E-state index in [-0.39, 0.29) is 5.82 Å². The fourth-order valence-corrected chi connectivity index (χ4v) is 22.5. The molecule has 3 aromatic rings. The van der Waals surface area contributed by atoms with Crippen molar-refractivity contribution in [3.8, 4) is 11.4 Å². The van der Waals surface area contributed by atoms with Gasteiger partial charge in [-0.25, -0.2) is 9.37 Å². The molecule has 1 N–H and O–H groups in total. The lowest BCUT2D eigenvalue weighted by molar-refractivity contribution is 0.627. The molecule has 1 aromatic heterocycles. The van der Waals surface area contributed by atoms with Crippen LogP contribution in [0.4, 0.5) is 4.39 Å². The van der Waals surface area contributed by atoms with Gasteiger partial charge in [-0.1, -0.05) is 0 Å². The van der Waals surface area contributed by atoms with Crippen molar-refractivity contribution in [3.63, 3.8) is 0 Å². The van der Waals surface area contributed by atoms with Crippen molar-refractivity contribution in [2.75, 3.05) is 0 Å². The first-order chi connectivity index (χ1) is 15.3. The second-order valence-corrected chi connectivity index (χ2v) is 22.8. The van der Waals surface area contributed by atoms with Crippen LogP contribution in [0.15, 0.2) is 22.7 Å². The summed E-state index contributed by atoms with van der Waals surface area (Å²) in [6.45, 7) is 8.45. The van der Waals surface area contributed by atoms with Crippen LogP contribution < -0.4 is 0 Å². The van der Waals surface area contributed by atoms with Crippen LogP contribution in [0.25, 0.3) is 22.4 Å². The molecule has 174 valence electrons. The molecule has 0 aliphatic heterocycles. The quantitative estimate of drug-likeness (QED) is 0.372. The Kier molecular flexibility index (Phi) is 13.6. The maximum atomic E-state index is 13.2. The number of H-pyrrole nitrogens is 1. The number of aryl methyl sites for hydroxylation is 2. The Morgan fingerprint density at radius 1 is 0.812 bits per heavy atom. The van der Waals surface area contributed by atoms with E-state index in [0.29, 0.717) is 4.47 Å². The molecule has 0 radical (unpaired) electrons. The Hall–Kier alpha value is 0.740. The number of fused-ring (bicyclic) bond motifs is 1. The second kappa shape index (κ2) is 15.0. The van der Waals surface area contributed by atoms with Crippen LogP contribution in [0.2, 0.25) is 0 Å². The maximum absolute atomic E-state index is 13.2. The van der Waals surface area contributed by atoms with Crippen LogP contribution in [-0.2, 0) is 102 Å². The van der Waals surface area contributed by atoms with Crippen LogP contribution in [0, 0.1) is 33.5 Å². The molecule has 0 unspecified atom stereocenters. The SMILES string of the molecule is Cc1c(C)c(C)c2[nH]c(-c3ccc(F)cc3Br)nc2c1C.S=S=S=S=S=S=S=S=S=S=S. The average Bonchev–Trinajstić information content (AvgIpc) is 3.21. The van der Waals surface area contributed by atoms with Gasteiger partial charge in [-0.05, 0) is 84.1 Å². The summed E-state index contributed by atoms with van der Waals surface area (Å²) in [6.07, 6.45) is 0. The van der Waals surface area contributed by atoms with Crippen LogP contribution in [0.3, 0.4) is 0 Å². The first-order valence-electron chi connectivity index (χ1n) is 8.48. The molecule has 0 atom stereocenters. The molecule has 0 saturated carbocycles. The molecule has 1 heterocycles. The number of benzene rings is 2. The topological polar surface area (TPSA) is 28.7 Å². The van der Waals surface area contributed by atoms with E-state index < -0.39 is 0 Å². The zero-order valence-corrected chi connectivity index (χ0v) is 27.5. The van der Waals surface area contributed by atoms with Gasteiger partial charge in [0.25, 0.3) is 0 Å². The number of halogens is 2. The van der Waals surface area contributed by atoms with Gasteiger partial charge in [-0.2, -0.15) is 0 Å². The van der Waals surface area contributed by atoms with E-state index in [4.69, 9.17) is 4.98 Å². The Bertz CT molecular complexity index is 1470. The molecule has 0 fully saturated rings. The minimum absolute atomic E-state index is 0.263. The molecule has 2 nitrogen and oxygen atoms in total. The molecule has 0 aliphatic rings. The molecule has 0 amide bonds. The minimum atomic E-state index is -0.263. The van der Waals surface area contributed by atoms with Crippen molar-refractivity contribution in [1.82, 2.24) is 9.97 Å². The highest BCUT2D eigenvalue weighted by molar-refractivity contribution is 9.10. The van der Waals surface area contributed by atoms with Gasteiger partial charge in [0.2, 0.25) is 0 Å². The summed E-state index contributed by atoms with van der Waals surface area (Å²) in [5.41, 5.74) is 7.87. The van der Waals surface area contributed by atoms with Gasteiger partial charge in [0.1, 0.15) is 11.6 Å². The van der Waals surface area contributed by atoms with Crippen molar-refractivity contribution >= 4 is 129 Å². The molecular formula is C17H16BrFN2S11. The molecule has 0 spiro atoms. The minimum Gasteiger partial charge on any atom is -0.338 e. The summed E-state index contributed by atoms with van der Waals surface area (Å²) in [4.78, 5) is 8.11. The van der Waals surface area contributed by atoms with E-state index in [9.17, 15) is 4.39 Å². The Morgan fingerprint density at radius 3 is 1.88 bits per heavy atom. The van der Waals surface area contributed by atoms with Crippen molar-refractivity contribution in [3.05, 3.63) is 50.7 Å². The van der Waals surface area contributed by atoms with E-state index in [1.807, 2.05) is 0 Å². The van der Waals surface area contributed by atoms with E-state index in [2.05, 4.69) is 71.0 Å². The number of rotatable bonds is 1. The molecule has 0 bridgehead atoms. The number of aromatic nitrogens is 2. The standard InChI is InChI=1S/C17H16BrFN2.S11/c1-8-9(2)11(4)16-15(10(8)3)20-17(21-16)13-6-5-12(19)7-14(13)18;1-3-5-7-9-11-10-8-6-4-2/h5-7H,1-4H3,(H,20,21);. The van der Waals surface area contributed by atoms with Crippen molar-refractivity contribution in [2.45, 2.75) is 27.7 Å². The van der Waals surface area contributed by atoms with Gasteiger partial charge >= 0.3 is 0 Å². The third-order valence-corrected chi connectivity index (χ3v) is 23.0. The smallest absolute Gasteiger partial charge is 0.139 e. The monoisotopic (exact) mass is 698 g/mol. The average molecular weight is 700 g/mol. The molecule has 32 heavy (non-hydrogen) atoms. The summed E-state index contributed by atoms with van der Waals surface area (Å²) in [5, 5.41) is 0. The largest absolute Gasteiger partial charge is 0.338 e. The van der Waals surface area contributed by atoms with E-state index in [1.165, 1.54) is 52.1 Å². The number of imidazole rings is 1. The highest BCUT2D eigenvalue weighted by Gasteiger charge is 2.15. The third-order valence-electron chi connectivity index (χ3n) is 4.53. The summed E-state index contributed by atoms with van der Waals surface area (Å²) in [5.74, 6) is 0.494. The zero-order chi connectivity index (χ0) is 23.7. The van der Waals surface area contributed by atoms with Gasteiger partial charge in [-0.15, -0.1) is 0 Å². The predicted molar refractivity (Wildman–Crippen MR) is 169 cm³/mol. The Balaban J connectivity index is 0.000000282. The number of nitrogens with zero attached hydrogens (tertiary/aromatic N) is 1. The zero-order valence-electron chi connectivity index (χ0n) is 16.9. The van der Waals surface area contributed by atoms with Crippen molar-refractivity contribution in [2.24, 2.45) is 0 Å². The Morgan fingerprint density at radius 2 is 1.34 bits per heavy atom. The van der Waals surface area contributed by atoms with Gasteiger partial charge < -0.3 is 4.98 Å². The van der Waals surface area contributed by atoms with E-state index in [1.54, 1.807) is 68.2 Å². The predicted octanol–water partition coefficient (Wildman–Crippen LogP) is 5.34. The van der Waals surface area contributed by atoms with Gasteiger partial charge in [-0.3, -0.25) is 0 Å². The summed E-state index contributed by atoms with van der Waals surface area (Å²) >= 11 is 12.8. The third kappa shape index (κ3) is 8.16. The summed E-state index contributed by atoms with van der Waals surface area (Å²) < 4.78 is 13.9. The van der Waals surface area contributed by atoms with Crippen LogP contribution in [0.5, 0.6) is 0 Å². The molecular weight excluding hydrogens is 684 g/mol. The molecule has 3 rings (SSSR count). The fraction of sp³-hybridized carbons (Fsp3) is 0.235. The van der Waals surface area contributed by atoms with E-state index >= 15 is 0 Å².